The average Bonchev–Trinajstić information content (AvgIpc) is 2.38. The molecule has 18 heavy (non-hydrogen) atoms. The van der Waals surface area contributed by atoms with Gasteiger partial charge in [-0.25, -0.2) is 4.39 Å². The summed E-state index contributed by atoms with van der Waals surface area (Å²) in [6, 6.07) is 6.16. The third-order valence-corrected chi connectivity index (χ3v) is 2.63. The Bertz CT molecular complexity index is 492. The van der Waals surface area contributed by atoms with Crippen LogP contribution in [0.25, 0.3) is 5.57 Å². The van der Waals surface area contributed by atoms with Crippen LogP contribution in [0.2, 0.25) is 0 Å². The third kappa shape index (κ3) is 3.81. The number of carbonyl (C=O) groups excluding carboxylic acids is 1. The standard InChI is InChI=1S/C16H17FO/c1-4-5-14(11-18)10-12(2)13(3)15-6-8-16(17)9-7-15/h5-11H,3-4H2,1-2H3/b12-10-,14-5+. The molecule has 0 heterocycles. The van der Waals surface area contributed by atoms with Crippen LogP contribution in [-0.4, -0.2) is 6.29 Å². The van der Waals surface area contributed by atoms with Crippen molar-refractivity contribution in [1.29, 1.82) is 0 Å². The lowest BCUT2D eigenvalue weighted by atomic mass is 9.99. The molecule has 0 amide bonds. The first kappa shape index (κ1) is 14.1. The van der Waals surface area contributed by atoms with Gasteiger partial charge in [0.2, 0.25) is 0 Å². The molecule has 1 rings (SSSR count). The maximum absolute atomic E-state index is 12.8. The maximum Gasteiger partial charge on any atom is 0.149 e. The molecule has 0 radical (unpaired) electrons. The monoisotopic (exact) mass is 244 g/mol. The van der Waals surface area contributed by atoms with Crippen LogP contribution in [0, 0.1) is 5.82 Å². The zero-order valence-corrected chi connectivity index (χ0v) is 10.7. The molecule has 0 unspecified atom stereocenters. The second kappa shape index (κ2) is 6.70. The van der Waals surface area contributed by atoms with Crippen LogP contribution in [0.4, 0.5) is 4.39 Å². The number of aldehydes is 1. The molecule has 1 aromatic rings. The van der Waals surface area contributed by atoms with Crippen molar-refractivity contribution in [3.63, 3.8) is 0 Å². The van der Waals surface area contributed by atoms with E-state index in [1.165, 1.54) is 12.1 Å². The highest BCUT2D eigenvalue weighted by molar-refractivity contribution is 5.83. The molecule has 1 nitrogen and oxygen atoms in total. The van der Waals surface area contributed by atoms with Gasteiger partial charge in [-0.3, -0.25) is 4.79 Å². The summed E-state index contributed by atoms with van der Waals surface area (Å²) in [5.74, 6) is -0.271. The molecule has 0 N–H and O–H groups in total. The largest absolute Gasteiger partial charge is 0.298 e. The molecule has 0 atom stereocenters. The normalized spacial score (nSPS) is 12.4. The molecule has 0 aromatic heterocycles. The molecule has 0 saturated heterocycles. The number of rotatable bonds is 5. The number of hydrogen-bond donors (Lipinski definition) is 0. The van der Waals surface area contributed by atoms with Gasteiger partial charge in [0, 0.05) is 5.57 Å². The average molecular weight is 244 g/mol. The van der Waals surface area contributed by atoms with E-state index >= 15 is 0 Å². The Morgan fingerprint density at radius 2 is 1.94 bits per heavy atom. The zero-order valence-electron chi connectivity index (χ0n) is 10.7. The summed E-state index contributed by atoms with van der Waals surface area (Å²) in [6.45, 7) is 7.83. The van der Waals surface area contributed by atoms with Gasteiger partial charge in [0.25, 0.3) is 0 Å². The Hall–Kier alpha value is -1.96. The van der Waals surface area contributed by atoms with Gasteiger partial charge >= 0.3 is 0 Å². The lowest BCUT2D eigenvalue weighted by molar-refractivity contribution is -0.104. The summed E-state index contributed by atoms with van der Waals surface area (Å²) in [6.07, 6.45) is 5.28. The minimum atomic E-state index is -0.271. The smallest absolute Gasteiger partial charge is 0.149 e. The highest BCUT2D eigenvalue weighted by atomic mass is 19.1. The Morgan fingerprint density at radius 3 is 2.44 bits per heavy atom. The van der Waals surface area contributed by atoms with Gasteiger partial charge in [-0.2, -0.15) is 0 Å². The van der Waals surface area contributed by atoms with Gasteiger partial charge in [-0.05, 0) is 48.3 Å². The van der Waals surface area contributed by atoms with Crippen molar-refractivity contribution in [3.05, 3.63) is 65.5 Å². The van der Waals surface area contributed by atoms with Crippen LogP contribution < -0.4 is 0 Å². The zero-order chi connectivity index (χ0) is 13.5. The molecule has 0 fully saturated rings. The molecule has 0 spiro atoms. The SMILES string of the molecule is C=C(/C(C)=C\C(C=O)=C/CC)c1ccc(F)cc1. The van der Waals surface area contributed by atoms with Gasteiger partial charge in [-0.15, -0.1) is 0 Å². The first-order valence-electron chi connectivity index (χ1n) is 5.87. The molecule has 1 aromatic carbocycles. The van der Waals surface area contributed by atoms with Crippen molar-refractivity contribution in [2.45, 2.75) is 20.3 Å². The van der Waals surface area contributed by atoms with E-state index < -0.39 is 0 Å². The summed E-state index contributed by atoms with van der Waals surface area (Å²) >= 11 is 0. The van der Waals surface area contributed by atoms with Gasteiger partial charge in [0.05, 0.1) is 0 Å². The Morgan fingerprint density at radius 1 is 1.33 bits per heavy atom. The minimum absolute atomic E-state index is 0.271. The van der Waals surface area contributed by atoms with Crippen LogP contribution in [0.15, 0.2) is 54.1 Å². The first-order valence-corrected chi connectivity index (χ1v) is 5.87. The van der Waals surface area contributed by atoms with Gasteiger partial charge < -0.3 is 0 Å². The lowest BCUT2D eigenvalue weighted by Gasteiger charge is -2.06. The molecular formula is C16H17FO. The molecule has 0 aliphatic heterocycles. The lowest BCUT2D eigenvalue weighted by Crippen LogP contribution is -1.88. The summed E-state index contributed by atoms with van der Waals surface area (Å²) in [5.41, 5.74) is 3.18. The number of hydrogen-bond acceptors (Lipinski definition) is 1. The summed E-state index contributed by atoms with van der Waals surface area (Å²) in [4.78, 5) is 10.8. The van der Waals surface area contributed by atoms with Crippen LogP contribution in [0.5, 0.6) is 0 Å². The van der Waals surface area contributed by atoms with E-state index in [0.717, 1.165) is 29.4 Å². The molecule has 0 aliphatic carbocycles. The Balaban J connectivity index is 2.96. The minimum Gasteiger partial charge on any atom is -0.298 e. The van der Waals surface area contributed by atoms with Crippen LogP contribution in [0.3, 0.4) is 0 Å². The number of allylic oxidation sites excluding steroid dienone is 5. The van der Waals surface area contributed by atoms with Crippen LogP contribution in [-0.2, 0) is 4.79 Å². The van der Waals surface area contributed by atoms with E-state index in [-0.39, 0.29) is 5.82 Å². The van der Waals surface area contributed by atoms with Crippen molar-refractivity contribution in [2.24, 2.45) is 0 Å². The van der Waals surface area contributed by atoms with Gasteiger partial charge in [-0.1, -0.05) is 31.7 Å². The van der Waals surface area contributed by atoms with Crippen LogP contribution >= 0.6 is 0 Å². The van der Waals surface area contributed by atoms with Crippen molar-refractivity contribution in [3.8, 4) is 0 Å². The fourth-order valence-electron chi connectivity index (χ4n) is 1.59. The van der Waals surface area contributed by atoms with Crippen molar-refractivity contribution < 1.29 is 9.18 Å². The van der Waals surface area contributed by atoms with E-state index in [1.54, 1.807) is 18.2 Å². The second-order valence-electron chi connectivity index (χ2n) is 4.04. The maximum atomic E-state index is 12.8. The summed E-state index contributed by atoms with van der Waals surface area (Å²) < 4.78 is 12.8. The number of halogens is 1. The Kier molecular flexibility index (Phi) is 5.25. The van der Waals surface area contributed by atoms with E-state index in [1.807, 2.05) is 19.9 Å². The quantitative estimate of drug-likeness (QED) is 0.428. The number of benzene rings is 1. The van der Waals surface area contributed by atoms with E-state index in [9.17, 15) is 9.18 Å². The Labute approximate surface area is 107 Å². The molecule has 94 valence electrons. The fourth-order valence-corrected chi connectivity index (χ4v) is 1.59. The van der Waals surface area contributed by atoms with Gasteiger partial charge in [0.1, 0.15) is 12.1 Å². The molecular weight excluding hydrogens is 227 g/mol. The van der Waals surface area contributed by atoms with E-state index in [0.29, 0.717) is 5.57 Å². The summed E-state index contributed by atoms with van der Waals surface area (Å²) in [5, 5.41) is 0. The third-order valence-electron chi connectivity index (χ3n) is 2.63. The van der Waals surface area contributed by atoms with Gasteiger partial charge in [0.15, 0.2) is 0 Å². The van der Waals surface area contributed by atoms with E-state index in [2.05, 4.69) is 6.58 Å². The van der Waals surface area contributed by atoms with Crippen molar-refractivity contribution >= 4 is 11.9 Å². The first-order chi connectivity index (χ1) is 8.58. The second-order valence-corrected chi connectivity index (χ2v) is 4.04. The molecule has 0 bridgehead atoms. The van der Waals surface area contributed by atoms with E-state index in [4.69, 9.17) is 0 Å². The molecule has 0 saturated carbocycles. The highest BCUT2D eigenvalue weighted by Gasteiger charge is 2.02. The predicted octanol–water partition coefficient (Wildman–Crippen LogP) is 4.32. The summed E-state index contributed by atoms with van der Waals surface area (Å²) in [7, 11) is 0. The highest BCUT2D eigenvalue weighted by Crippen LogP contribution is 2.22. The topological polar surface area (TPSA) is 17.1 Å². The predicted molar refractivity (Wildman–Crippen MR) is 73.6 cm³/mol. The number of carbonyl (C=O) groups is 1. The molecule has 0 aliphatic rings. The van der Waals surface area contributed by atoms with Crippen LogP contribution in [0.1, 0.15) is 25.8 Å². The molecule has 2 heteroatoms. The van der Waals surface area contributed by atoms with Crippen molar-refractivity contribution in [2.75, 3.05) is 0 Å². The fraction of sp³-hybridized carbons (Fsp3) is 0.188. The van der Waals surface area contributed by atoms with Crippen molar-refractivity contribution in [1.82, 2.24) is 0 Å².